The van der Waals surface area contributed by atoms with E-state index < -0.39 is 11.5 Å². The van der Waals surface area contributed by atoms with Gasteiger partial charge in [0.25, 0.3) is 0 Å². The minimum absolute atomic E-state index is 0.140. The lowest BCUT2D eigenvalue weighted by molar-refractivity contribution is -0.136. The van der Waals surface area contributed by atoms with Crippen LogP contribution >= 0.6 is 0 Å². The summed E-state index contributed by atoms with van der Waals surface area (Å²) in [4.78, 5) is 11.3. The van der Waals surface area contributed by atoms with Gasteiger partial charge in [-0.25, -0.2) is 0 Å². The van der Waals surface area contributed by atoms with Gasteiger partial charge in [0.2, 0.25) is 0 Å². The molecule has 3 aromatic rings. The fourth-order valence-electron chi connectivity index (χ4n) is 3.08. The first-order chi connectivity index (χ1) is 11.7. The molecule has 0 aliphatic carbocycles. The van der Waals surface area contributed by atoms with Crippen molar-refractivity contribution in [2.24, 2.45) is 0 Å². The Morgan fingerprint density at radius 2 is 1.04 bits per heavy atom. The predicted octanol–water partition coefficient (Wildman–Crippen LogP) is 3.65. The molecule has 0 fully saturated rings. The third-order valence-electron chi connectivity index (χ3n) is 4.13. The molecule has 0 aromatic heterocycles. The lowest BCUT2D eigenvalue weighted by atomic mass is 9.79. The maximum Gasteiger partial charge on any atom is 0.317 e. The quantitative estimate of drug-likeness (QED) is 0.539. The zero-order valence-corrected chi connectivity index (χ0v) is 13.2. The van der Waals surface area contributed by atoms with Crippen molar-refractivity contribution in [3.05, 3.63) is 108 Å². The highest BCUT2D eigenvalue weighted by molar-refractivity contribution is 5.69. The topological polar surface area (TPSA) is 49.3 Å². The molecule has 0 saturated heterocycles. The predicted molar refractivity (Wildman–Crippen MR) is 94.8 cm³/mol. The number of hydrogen-bond acceptors (Lipinski definition) is 2. The molecule has 3 rings (SSSR count). The minimum atomic E-state index is -0.887. The van der Waals surface area contributed by atoms with Gasteiger partial charge >= 0.3 is 5.97 Å². The van der Waals surface area contributed by atoms with Crippen LogP contribution in [-0.2, 0) is 10.3 Å². The van der Waals surface area contributed by atoms with Gasteiger partial charge in [-0.05, 0) is 16.7 Å². The molecule has 3 heteroatoms. The fraction of sp³-hybridized carbons (Fsp3) is 0.0952. The molecule has 0 amide bonds. The van der Waals surface area contributed by atoms with Gasteiger partial charge in [-0.15, -0.1) is 0 Å². The maximum atomic E-state index is 11.3. The number of rotatable bonds is 6. The summed E-state index contributed by atoms with van der Waals surface area (Å²) in [6.07, 6.45) is 0. The first-order valence-electron chi connectivity index (χ1n) is 7.87. The van der Waals surface area contributed by atoms with Crippen LogP contribution in [0.15, 0.2) is 91.0 Å². The Balaban J connectivity index is 2.26. The summed E-state index contributed by atoms with van der Waals surface area (Å²) in [5.74, 6) is -0.887. The van der Waals surface area contributed by atoms with Crippen LogP contribution < -0.4 is 5.32 Å². The number of carboxylic acid groups (broad SMARTS) is 1. The van der Waals surface area contributed by atoms with Gasteiger partial charge in [-0.3, -0.25) is 10.1 Å². The molecule has 0 bridgehead atoms. The van der Waals surface area contributed by atoms with Crippen LogP contribution in [0.2, 0.25) is 0 Å². The fourth-order valence-corrected chi connectivity index (χ4v) is 3.08. The van der Waals surface area contributed by atoms with Crippen LogP contribution in [0.1, 0.15) is 16.7 Å². The van der Waals surface area contributed by atoms with Crippen LogP contribution in [0.4, 0.5) is 0 Å². The molecule has 0 aliphatic heterocycles. The summed E-state index contributed by atoms with van der Waals surface area (Å²) < 4.78 is 0. The van der Waals surface area contributed by atoms with Crippen molar-refractivity contribution in [2.45, 2.75) is 5.54 Å². The molecule has 24 heavy (non-hydrogen) atoms. The third kappa shape index (κ3) is 3.07. The van der Waals surface area contributed by atoms with Gasteiger partial charge in [0.15, 0.2) is 0 Å². The minimum Gasteiger partial charge on any atom is -0.480 e. The molecule has 0 unspecified atom stereocenters. The Hall–Kier alpha value is -2.91. The second-order valence-electron chi connectivity index (χ2n) is 5.60. The third-order valence-corrected chi connectivity index (χ3v) is 4.13. The molecule has 0 atom stereocenters. The second-order valence-corrected chi connectivity index (χ2v) is 5.60. The highest BCUT2D eigenvalue weighted by atomic mass is 16.4. The van der Waals surface area contributed by atoms with Gasteiger partial charge in [0, 0.05) is 0 Å². The van der Waals surface area contributed by atoms with E-state index in [1.807, 2.05) is 91.0 Å². The lowest BCUT2D eigenvalue weighted by Gasteiger charge is -2.36. The second kappa shape index (κ2) is 7.11. The van der Waals surface area contributed by atoms with E-state index in [0.29, 0.717) is 0 Å². The maximum absolute atomic E-state index is 11.3. The first-order valence-corrected chi connectivity index (χ1v) is 7.87. The zero-order valence-electron chi connectivity index (χ0n) is 13.2. The monoisotopic (exact) mass is 318 g/mol. The van der Waals surface area contributed by atoms with Crippen LogP contribution in [0, 0.1) is 0 Å². The summed E-state index contributed by atoms with van der Waals surface area (Å²) >= 11 is 0. The smallest absolute Gasteiger partial charge is 0.317 e. The van der Waals surface area contributed by atoms with E-state index in [4.69, 9.17) is 0 Å². The lowest BCUT2D eigenvalue weighted by Crippen LogP contribution is -2.46. The zero-order chi connectivity index (χ0) is 16.8. The van der Waals surface area contributed by atoms with Gasteiger partial charge in [-0.1, -0.05) is 91.0 Å². The number of hydrogen-bond donors (Lipinski definition) is 2. The summed E-state index contributed by atoms with van der Waals surface area (Å²) in [5, 5.41) is 12.5. The summed E-state index contributed by atoms with van der Waals surface area (Å²) in [5.41, 5.74) is 2.29. The summed E-state index contributed by atoms with van der Waals surface area (Å²) in [6, 6.07) is 29.8. The highest BCUT2D eigenvalue weighted by Gasteiger charge is 2.36. The van der Waals surface area contributed by atoms with E-state index in [2.05, 4.69) is 5.32 Å². The molecule has 0 saturated carbocycles. The van der Waals surface area contributed by atoms with Gasteiger partial charge in [0.1, 0.15) is 0 Å². The first kappa shape index (κ1) is 16.0. The van der Waals surface area contributed by atoms with Crippen molar-refractivity contribution in [3.63, 3.8) is 0 Å². The molecular weight excluding hydrogens is 299 g/mol. The van der Waals surface area contributed by atoms with Crippen molar-refractivity contribution >= 4 is 5.97 Å². The number of carbonyl (C=O) groups is 1. The number of aliphatic carboxylic acids is 1. The Bertz CT molecular complexity index is 689. The van der Waals surface area contributed by atoms with Crippen molar-refractivity contribution in [1.29, 1.82) is 0 Å². The van der Waals surface area contributed by atoms with Crippen LogP contribution in [-0.4, -0.2) is 17.6 Å². The van der Waals surface area contributed by atoms with Gasteiger partial charge in [-0.2, -0.15) is 0 Å². The average molecular weight is 318 g/mol. The molecule has 3 nitrogen and oxygen atoms in total. The largest absolute Gasteiger partial charge is 0.480 e. The Morgan fingerprint density at radius 1 is 0.708 bits per heavy atom. The van der Waals surface area contributed by atoms with E-state index in [1.54, 1.807) is 0 Å². The Morgan fingerprint density at radius 3 is 1.33 bits per heavy atom. The van der Waals surface area contributed by atoms with Crippen LogP contribution in [0.25, 0.3) is 0 Å². The molecule has 0 aliphatic rings. The van der Waals surface area contributed by atoms with Crippen LogP contribution in [0.3, 0.4) is 0 Å². The van der Waals surface area contributed by atoms with E-state index in [9.17, 15) is 9.90 Å². The van der Waals surface area contributed by atoms with E-state index in [0.717, 1.165) is 16.7 Å². The highest BCUT2D eigenvalue weighted by Crippen LogP contribution is 2.36. The molecule has 3 aromatic carbocycles. The molecule has 0 radical (unpaired) electrons. The summed E-state index contributed by atoms with van der Waals surface area (Å²) in [6.45, 7) is -0.140. The Kier molecular flexibility index (Phi) is 4.73. The molecule has 0 spiro atoms. The number of benzene rings is 3. The molecule has 120 valence electrons. The van der Waals surface area contributed by atoms with E-state index in [1.165, 1.54) is 0 Å². The van der Waals surface area contributed by atoms with Crippen LogP contribution in [0.5, 0.6) is 0 Å². The normalized spacial score (nSPS) is 11.2. The molecular formula is C21H19NO2. The van der Waals surface area contributed by atoms with E-state index in [-0.39, 0.29) is 6.54 Å². The van der Waals surface area contributed by atoms with Crippen molar-refractivity contribution in [2.75, 3.05) is 6.54 Å². The Labute approximate surface area is 141 Å². The van der Waals surface area contributed by atoms with Gasteiger partial charge < -0.3 is 5.11 Å². The van der Waals surface area contributed by atoms with Gasteiger partial charge in [0.05, 0.1) is 12.1 Å². The van der Waals surface area contributed by atoms with Crippen molar-refractivity contribution in [1.82, 2.24) is 5.32 Å². The SMILES string of the molecule is O=C(O)C[15NH]C(c1ccccc1)(c1ccccc1)c1ccccc1. The molecule has 2 N–H and O–H groups in total. The standard InChI is InChI=1S/C21H19NO2/c23-20(24)16-22-21(17-10-4-1-5-11-17,18-12-6-2-7-13-18)19-14-8-3-9-15-19/h1-15,22H,16H2,(H,23,24)/i22+1. The molecule has 0 heterocycles. The van der Waals surface area contributed by atoms with Crippen molar-refractivity contribution < 1.29 is 9.90 Å². The summed E-state index contributed by atoms with van der Waals surface area (Å²) in [7, 11) is 0. The van der Waals surface area contributed by atoms with Crippen molar-refractivity contribution in [3.8, 4) is 0 Å². The number of nitrogens with one attached hydrogen (secondary N) is 1. The van der Waals surface area contributed by atoms with E-state index >= 15 is 0 Å². The number of carboxylic acids is 1. The average Bonchev–Trinajstić information content (AvgIpc) is 2.65.